The number of rotatable bonds is 6. The molecule has 0 amide bonds. The molecule has 1 unspecified atom stereocenters. The highest BCUT2D eigenvalue weighted by atomic mass is 16.1. The fraction of sp³-hybridized carbons (Fsp3) is 0.154. The van der Waals surface area contributed by atoms with Crippen LogP contribution in [0.2, 0.25) is 0 Å². The van der Waals surface area contributed by atoms with E-state index in [1.165, 1.54) is 5.56 Å². The molecule has 3 aromatic rings. The second-order valence-corrected chi connectivity index (χ2v) is 6.87. The van der Waals surface area contributed by atoms with Crippen LogP contribution in [0, 0.1) is 24.2 Å². The van der Waals surface area contributed by atoms with Gasteiger partial charge in [0.15, 0.2) is 5.78 Å². The molecule has 0 radical (unpaired) electrons. The highest BCUT2D eigenvalue weighted by Gasteiger charge is 2.15. The fourth-order valence-electron chi connectivity index (χ4n) is 2.98. The van der Waals surface area contributed by atoms with Crippen molar-refractivity contribution in [1.82, 2.24) is 0 Å². The maximum atomic E-state index is 12.4. The first-order valence-electron chi connectivity index (χ1n) is 9.39. The van der Waals surface area contributed by atoms with Crippen LogP contribution in [0.1, 0.15) is 45.8 Å². The van der Waals surface area contributed by atoms with Crippen LogP contribution in [0.4, 0.5) is 0 Å². The molecule has 2 heteroatoms. The fourth-order valence-corrected chi connectivity index (χ4v) is 2.98. The van der Waals surface area contributed by atoms with Crippen LogP contribution < -0.4 is 0 Å². The summed E-state index contributed by atoms with van der Waals surface area (Å²) >= 11 is 0. The van der Waals surface area contributed by atoms with E-state index >= 15 is 0 Å². The van der Waals surface area contributed by atoms with Gasteiger partial charge in [-0.05, 0) is 24.6 Å². The Hall–Kier alpha value is -3.44. The van der Waals surface area contributed by atoms with Gasteiger partial charge < -0.3 is 5.41 Å². The number of Topliss-reactive ketones (excluding diaryl/α,β-unsaturated/α-hetero) is 1. The molecule has 2 nitrogen and oxygen atoms in total. The van der Waals surface area contributed by atoms with Gasteiger partial charge in [0.1, 0.15) is 0 Å². The zero-order valence-electron chi connectivity index (χ0n) is 16.0. The molecule has 0 saturated carbocycles. The van der Waals surface area contributed by atoms with Gasteiger partial charge in [-0.1, -0.05) is 90.2 Å². The SMILES string of the molecule is Cc1ccc(C(C#Cc2ccccc2)CC(=N)CC(=O)c2ccccc2)cc1. The minimum atomic E-state index is -0.114. The van der Waals surface area contributed by atoms with Crippen molar-refractivity contribution in [2.75, 3.05) is 0 Å². The number of carbonyl (C=O) groups is 1. The van der Waals surface area contributed by atoms with Crippen molar-refractivity contribution in [1.29, 1.82) is 5.41 Å². The minimum absolute atomic E-state index is 0.0238. The van der Waals surface area contributed by atoms with E-state index in [-0.39, 0.29) is 18.1 Å². The van der Waals surface area contributed by atoms with Gasteiger partial charge in [0, 0.05) is 29.7 Å². The van der Waals surface area contributed by atoms with Crippen LogP contribution in [0.5, 0.6) is 0 Å². The van der Waals surface area contributed by atoms with Gasteiger partial charge in [-0.2, -0.15) is 0 Å². The summed E-state index contributed by atoms with van der Waals surface area (Å²) in [6.45, 7) is 2.05. The van der Waals surface area contributed by atoms with E-state index in [1.807, 2.05) is 48.5 Å². The topological polar surface area (TPSA) is 40.9 Å². The maximum absolute atomic E-state index is 12.4. The van der Waals surface area contributed by atoms with Gasteiger partial charge in [-0.15, -0.1) is 0 Å². The van der Waals surface area contributed by atoms with Crippen molar-refractivity contribution in [3.05, 3.63) is 107 Å². The average Bonchev–Trinajstić information content (AvgIpc) is 2.73. The van der Waals surface area contributed by atoms with Crippen molar-refractivity contribution >= 4 is 11.5 Å². The number of ketones is 1. The first-order valence-corrected chi connectivity index (χ1v) is 9.39. The van der Waals surface area contributed by atoms with Crippen LogP contribution in [-0.2, 0) is 0 Å². The van der Waals surface area contributed by atoms with Crippen molar-refractivity contribution in [3.63, 3.8) is 0 Å². The monoisotopic (exact) mass is 365 g/mol. The molecule has 0 bridgehead atoms. The molecule has 3 aromatic carbocycles. The summed E-state index contributed by atoms with van der Waals surface area (Å²) < 4.78 is 0. The van der Waals surface area contributed by atoms with Crippen molar-refractivity contribution in [2.45, 2.75) is 25.7 Å². The Morgan fingerprint density at radius 3 is 2.14 bits per heavy atom. The first kappa shape index (κ1) is 19.3. The first-order chi connectivity index (χ1) is 13.6. The largest absolute Gasteiger partial charge is 0.309 e. The van der Waals surface area contributed by atoms with Crippen LogP contribution in [0.25, 0.3) is 0 Å². The van der Waals surface area contributed by atoms with Crippen LogP contribution in [0.15, 0.2) is 84.9 Å². The second-order valence-electron chi connectivity index (χ2n) is 6.87. The lowest BCUT2D eigenvalue weighted by atomic mass is 9.91. The Morgan fingerprint density at radius 1 is 0.893 bits per heavy atom. The predicted octanol–water partition coefficient (Wildman–Crippen LogP) is 5.81. The Balaban J connectivity index is 1.77. The molecule has 138 valence electrons. The number of nitrogens with one attached hydrogen (secondary N) is 1. The van der Waals surface area contributed by atoms with Crippen LogP contribution in [-0.4, -0.2) is 11.5 Å². The Kier molecular flexibility index (Phi) is 6.54. The maximum Gasteiger partial charge on any atom is 0.168 e. The third-order valence-electron chi connectivity index (χ3n) is 4.56. The average molecular weight is 365 g/mol. The van der Waals surface area contributed by atoms with Crippen molar-refractivity contribution < 1.29 is 4.79 Å². The molecule has 3 rings (SSSR count). The second kappa shape index (κ2) is 9.48. The summed E-state index contributed by atoms with van der Waals surface area (Å²) in [5.74, 6) is 6.39. The third-order valence-corrected chi connectivity index (χ3v) is 4.56. The molecule has 0 heterocycles. The highest BCUT2D eigenvalue weighted by Crippen LogP contribution is 2.21. The number of hydrogen-bond donors (Lipinski definition) is 1. The minimum Gasteiger partial charge on any atom is -0.309 e. The molecule has 0 saturated heterocycles. The quantitative estimate of drug-likeness (QED) is 0.334. The van der Waals surface area contributed by atoms with E-state index < -0.39 is 0 Å². The molecular weight excluding hydrogens is 342 g/mol. The molecule has 0 aliphatic rings. The van der Waals surface area contributed by atoms with Crippen LogP contribution in [0.3, 0.4) is 0 Å². The lowest BCUT2D eigenvalue weighted by Gasteiger charge is -2.12. The van der Waals surface area contributed by atoms with Gasteiger partial charge in [-0.25, -0.2) is 0 Å². The molecule has 1 N–H and O–H groups in total. The number of aryl methyl sites for hydroxylation is 1. The standard InChI is InChI=1S/C26H23NO/c1-20-12-15-22(16-13-20)24(17-14-21-8-4-2-5-9-21)18-25(27)19-26(28)23-10-6-3-7-11-23/h2-13,15-16,24,27H,18-19H2,1H3. The summed E-state index contributed by atoms with van der Waals surface area (Å²) in [6.07, 6.45) is 0.570. The molecule has 1 atom stereocenters. The summed E-state index contributed by atoms with van der Waals surface area (Å²) in [7, 11) is 0. The molecule has 0 aliphatic heterocycles. The van der Waals surface area contributed by atoms with Gasteiger partial charge in [0.25, 0.3) is 0 Å². The summed E-state index contributed by atoms with van der Waals surface area (Å²) in [5, 5.41) is 8.38. The Labute approximate surface area is 166 Å². The summed E-state index contributed by atoms with van der Waals surface area (Å²) in [5.41, 5.74) is 4.27. The van der Waals surface area contributed by atoms with Crippen LogP contribution >= 0.6 is 0 Å². The smallest absolute Gasteiger partial charge is 0.168 e. The summed E-state index contributed by atoms with van der Waals surface area (Å²) in [4.78, 5) is 12.4. The van der Waals surface area contributed by atoms with Crippen molar-refractivity contribution in [2.24, 2.45) is 0 Å². The highest BCUT2D eigenvalue weighted by molar-refractivity contribution is 6.09. The number of carbonyl (C=O) groups excluding carboxylic acids is 1. The zero-order chi connectivity index (χ0) is 19.8. The van der Waals surface area contributed by atoms with E-state index in [1.54, 1.807) is 12.1 Å². The molecule has 0 aromatic heterocycles. The Bertz CT molecular complexity index is 993. The molecule has 0 aliphatic carbocycles. The van der Waals surface area contributed by atoms with E-state index in [0.717, 1.165) is 11.1 Å². The lowest BCUT2D eigenvalue weighted by Crippen LogP contribution is -2.11. The molecular formula is C26H23NO. The molecule has 28 heavy (non-hydrogen) atoms. The van der Waals surface area contributed by atoms with Gasteiger partial charge >= 0.3 is 0 Å². The van der Waals surface area contributed by atoms with E-state index in [9.17, 15) is 4.79 Å². The normalized spacial score (nSPS) is 11.2. The Morgan fingerprint density at radius 2 is 1.50 bits per heavy atom. The van der Waals surface area contributed by atoms with Gasteiger partial charge in [0.2, 0.25) is 0 Å². The van der Waals surface area contributed by atoms with Crippen molar-refractivity contribution in [3.8, 4) is 11.8 Å². The van der Waals surface area contributed by atoms with Gasteiger partial charge in [-0.3, -0.25) is 4.79 Å². The predicted molar refractivity (Wildman–Crippen MR) is 115 cm³/mol. The molecule has 0 fully saturated rings. The number of benzene rings is 3. The lowest BCUT2D eigenvalue weighted by molar-refractivity contribution is 0.1000. The van der Waals surface area contributed by atoms with E-state index in [0.29, 0.717) is 17.7 Å². The van der Waals surface area contributed by atoms with E-state index in [2.05, 4.69) is 43.0 Å². The third kappa shape index (κ3) is 5.53. The number of hydrogen-bond acceptors (Lipinski definition) is 2. The van der Waals surface area contributed by atoms with E-state index in [4.69, 9.17) is 5.41 Å². The molecule has 0 spiro atoms. The van der Waals surface area contributed by atoms with Gasteiger partial charge in [0.05, 0.1) is 5.92 Å². The zero-order valence-corrected chi connectivity index (χ0v) is 16.0. The summed E-state index contributed by atoms with van der Waals surface area (Å²) in [6, 6.07) is 27.2.